The van der Waals surface area contributed by atoms with Crippen LogP contribution in [-0.4, -0.2) is 20.3 Å². The number of aryl methyl sites for hydroxylation is 2. The van der Waals surface area contributed by atoms with Crippen LogP contribution in [0, 0.1) is 6.92 Å². The normalized spacial score (nSPS) is 11.4. The Balaban J connectivity index is 2.14. The summed E-state index contributed by atoms with van der Waals surface area (Å²) in [6.45, 7) is 1.97. The van der Waals surface area contributed by atoms with Gasteiger partial charge < -0.3 is 0 Å². The molecule has 0 saturated carbocycles. The van der Waals surface area contributed by atoms with Crippen LogP contribution in [0.3, 0.4) is 0 Å². The monoisotopic (exact) mass is 367 g/mol. The zero-order chi connectivity index (χ0) is 16.1. The molecule has 4 nitrogen and oxygen atoms in total. The molecule has 0 fully saturated rings. The Morgan fingerprint density at radius 1 is 1.13 bits per heavy atom. The molecule has 2 aromatic carbocycles. The van der Waals surface area contributed by atoms with Crippen molar-refractivity contribution in [2.24, 2.45) is 7.05 Å². The SMILES string of the molecule is Cc1nn(C)c2c1c1cc(Br)ccc1n2C(=O)c1ccccc1. The second-order valence-electron chi connectivity index (χ2n) is 5.58. The Labute approximate surface area is 141 Å². The van der Waals surface area contributed by atoms with Gasteiger partial charge in [0.2, 0.25) is 0 Å². The Morgan fingerprint density at radius 3 is 2.61 bits per heavy atom. The van der Waals surface area contributed by atoms with Crippen LogP contribution in [0.2, 0.25) is 0 Å². The van der Waals surface area contributed by atoms with Crippen molar-refractivity contribution in [3.05, 3.63) is 64.3 Å². The highest BCUT2D eigenvalue weighted by molar-refractivity contribution is 9.10. The van der Waals surface area contributed by atoms with Crippen molar-refractivity contribution in [3.8, 4) is 0 Å². The predicted octanol–water partition coefficient (Wildman–Crippen LogP) is 4.29. The Hall–Kier alpha value is -2.40. The van der Waals surface area contributed by atoms with Gasteiger partial charge in [0.1, 0.15) is 5.65 Å². The maximum absolute atomic E-state index is 13.1. The summed E-state index contributed by atoms with van der Waals surface area (Å²) in [6.07, 6.45) is 0. The highest BCUT2D eigenvalue weighted by Gasteiger charge is 2.22. The molecular formula is C18H14BrN3O. The van der Waals surface area contributed by atoms with Crippen LogP contribution in [0.15, 0.2) is 53.0 Å². The number of carbonyl (C=O) groups excluding carboxylic acids is 1. The standard InChI is InChI=1S/C18H14BrN3O/c1-11-16-14-10-13(19)8-9-15(14)22(17(16)21(2)20-11)18(23)12-6-4-3-5-7-12/h3-10H,1-2H3. The second kappa shape index (κ2) is 5.06. The lowest BCUT2D eigenvalue weighted by molar-refractivity contribution is 0.0968. The number of nitrogens with zero attached hydrogens (tertiary/aromatic N) is 3. The van der Waals surface area contributed by atoms with Gasteiger partial charge in [-0.2, -0.15) is 5.10 Å². The van der Waals surface area contributed by atoms with Crippen LogP contribution in [0.25, 0.3) is 21.9 Å². The van der Waals surface area contributed by atoms with Gasteiger partial charge in [0.25, 0.3) is 5.91 Å². The summed E-state index contributed by atoms with van der Waals surface area (Å²) in [5, 5.41) is 6.55. The van der Waals surface area contributed by atoms with Gasteiger partial charge in [-0.05, 0) is 37.3 Å². The quantitative estimate of drug-likeness (QED) is 0.503. The van der Waals surface area contributed by atoms with E-state index in [1.54, 1.807) is 9.25 Å². The fraction of sp³-hybridized carbons (Fsp3) is 0.111. The maximum Gasteiger partial charge on any atom is 0.264 e. The molecule has 0 amide bonds. The molecule has 5 heteroatoms. The number of fused-ring (bicyclic) bond motifs is 3. The molecule has 0 aliphatic heterocycles. The molecule has 2 aromatic heterocycles. The lowest BCUT2D eigenvalue weighted by atomic mass is 10.2. The number of rotatable bonds is 1. The van der Waals surface area contributed by atoms with E-state index in [-0.39, 0.29) is 5.91 Å². The number of benzene rings is 2. The Bertz CT molecular complexity index is 1060. The van der Waals surface area contributed by atoms with Crippen LogP contribution in [0.1, 0.15) is 16.1 Å². The molecule has 0 bridgehead atoms. The van der Waals surface area contributed by atoms with E-state index >= 15 is 0 Å². The fourth-order valence-electron chi connectivity index (χ4n) is 3.15. The summed E-state index contributed by atoms with van der Waals surface area (Å²) in [6, 6.07) is 15.3. The first kappa shape index (κ1) is 14.2. The van der Waals surface area contributed by atoms with Crippen molar-refractivity contribution in [2.45, 2.75) is 6.92 Å². The molecule has 0 radical (unpaired) electrons. The Morgan fingerprint density at radius 2 is 1.87 bits per heavy atom. The summed E-state index contributed by atoms with van der Waals surface area (Å²) in [7, 11) is 1.87. The molecule has 0 atom stereocenters. The summed E-state index contributed by atoms with van der Waals surface area (Å²) >= 11 is 3.52. The largest absolute Gasteiger partial charge is 0.268 e. The van der Waals surface area contributed by atoms with E-state index in [9.17, 15) is 4.79 Å². The molecule has 0 N–H and O–H groups in total. The highest BCUT2D eigenvalue weighted by atomic mass is 79.9. The summed E-state index contributed by atoms with van der Waals surface area (Å²) in [5.74, 6) is -0.0454. The first-order valence-corrected chi connectivity index (χ1v) is 8.10. The van der Waals surface area contributed by atoms with Gasteiger partial charge in [-0.1, -0.05) is 34.1 Å². The number of hydrogen-bond donors (Lipinski definition) is 0. The second-order valence-corrected chi connectivity index (χ2v) is 6.49. The summed E-state index contributed by atoms with van der Waals surface area (Å²) in [4.78, 5) is 13.1. The van der Waals surface area contributed by atoms with E-state index in [1.165, 1.54) is 0 Å². The van der Waals surface area contributed by atoms with Gasteiger partial charge in [-0.3, -0.25) is 14.0 Å². The van der Waals surface area contributed by atoms with Crippen molar-refractivity contribution >= 4 is 43.8 Å². The third kappa shape index (κ3) is 2.04. The van der Waals surface area contributed by atoms with Crippen molar-refractivity contribution in [1.29, 1.82) is 0 Å². The van der Waals surface area contributed by atoms with E-state index in [4.69, 9.17) is 0 Å². The van der Waals surface area contributed by atoms with E-state index in [0.717, 1.165) is 32.1 Å². The first-order chi connectivity index (χ1) is 11.1. The molecule has 0 aliphatic rings. The van der Waals surface area contributed by atoms with Crippen LogP contribution < -0.4 is 0 Å². The lowest BCUT2D eigenvalue weighted by Crippen LogP contribution is -2.13. The van der Waals surface area contributed by atoms with E-state index in [1.807, 2.05) is 62.5 Å². The molecule has 4 rings (SSSR count). The molecule has 4 aromatic rings. The number of hydrogen-bond acceptors (Lipinski definition) is 2. The molecule has 0 aliphatic carbocycles. The smallest absolute Gasteiger partial charge is 0.264 e. The van der Waals surface area contributed by atoms with Gasteiger partial charge in [0.05, 0.1) is 11.2 Å². The zero-order valence-electron chi connectivity index (χ0n) is 12.7. The molecule has 0 unspecified atom stereocenters. The zero-order valence-corrected chi connectivity index (χ0v) is 14.3. The average molecular weight is 368 g/mol. The van der Waals surface area contributed by atoms with Crippen LogP contribution in [0.5, 0.6) is 0 Å². The van der Waals surface area contributed by atoms with E-state index < -0.39 is 0 Å². The highest BCUT2D eigenvalue weighted by Crippen LogP contribution is 2.33. The Kier molecular flexibility index (Phi) is 3.13. The van der Waals surface area contributed by atoms with Crippen molar-refractivity contribution < 1.29 is 4.79 Å². The minimum Gasteiger partial charge on any atom is -0.268 e. The number of carbonyl (C=O) groups is 1. The first-order valence-electron chi connectivity index (χ1n) is 7.31. The summed E-state index contributed by atoms with van der Waals surface area (Å²) < 4.78 is 4.52. The minimum absolute atomic E-state index is 0.0454. The van der Waals surface area contributed by atoms with Gasteiger partial charge in [0.15, 0.2) is 0 Å². The van der Waals surface area contributed by atoms with Gasteiger partial charge in [-0.15, -0.1) is 0 Å². The molecule has 0 spiro atoms. The van der Waals surface area contributed by atoms with E-state index in [2.05, 4.69) is 21.0 Å². The van der Waals surface area contributed by atoms with Crippen molar-refractivity contribution in [1.82, 2.24) is 14.3 Å². The molecule has 114 valence electrons. The summed E-state index contributed by atoms with van der Waals surface area (Å²) in [5.41, 5.74) is 3.30. The van der Waals surface area contributed by atoms with Crippen LogP contribution in [-0.2, 0) is 7.05 Å². The van der Waals surface area contributed by atoms with Crippen LogP contribution in [0.4, 0.5) is 0 Å². The minimum atomic E-state index is -0.0454. The number of aromatic nitrogens is 3. The van der Waals surface area contributed by atoms with E-state index in [0.29, 0.717) is 5.56 Å². The maximum atomic E-state index is 13.1. The predicted molar refractivity (Wildman–Crippen MR) is 94.8 cm³/mol. The van der Waals surface area contributed by atoms with Gasteiger partial charge in [-0.25, -0.2) is 0 Å². The molecule has 23 heavy (non-hydrogen) atoms. The van der Waals surface area contributed by atoms with Crippen molar-refractivity contribution in [3.63, 3.8) is 0 Å². The third-order valence-corrected chi connectivity index (χ3v) is 4.59. The van der Waals surface area contributed by atoms with Crippen molar-refractivity contribution in [2.75, 3.05) is 0 Å². The lowest BCUT2D eigenvalue weighted by Gasteiger charge is -2.07. The molecular weight excluding hydrogens is 354 g/mol. The third-order valence-electron chi connectivity index (χ3n) is 4.10. The molecule has 2 heterocycles. The van der Waals surface area contributed by atoms with Gasteiger partial charge >= 0.3 is 0 Å². The number of halogens is 1. The average Bonchev–Trinajstić information content (AvgIpc) is 3.03. The molecule has 0 saturated heterocycles. The van der Waals surface area contributed by atoms with Crippen LogP contribution >= 0.6 is 15.9 Å². The van der Waals surface area contributed by atoms with Gasteiger partial charge in [0, 0.05) is 27.9 Å². The topological polar surface area (TPSA) is 39.8 Å². The fourth-order valence-corrected chi connectivity index (χ4v) is 3.51.